The van der Waals surface area contributed by atoms with Crippen molar-refractivity contribution in [3.8, 4) is 0 Å². The second-order valence-electron chi connectivity index (χ2n) is 2.84. The van der Waals surface area contributed by atoms with Crippen molar-refractivity contribution in [2.45, 2.75) is 10.3 Å². The second-order valence-corrected chi connectivity index (χ2v) is 4.55. The van der Waals surface area contributed by atoms with Gasteiger partial charge >= 0.3 is 0 Å². The van der Waals surface area contributed by atoms with E-state index in [4.69, 9.17) is 22.1 Å². The third kappa shape index (κ3) is 2.27. The lowest BCUT2D eigenvalue weighted by atomic mass is 10.4. The van der Waals surface area contributed by atoms with E-state index in [1.165, 1.54) is 0 Å². The summed E-state index contributed by atoms with van der Waals surface area (Å²) in [5, 5.41) is 1.83. The van der Waals surface area contributed by atoms with Crippen molar-refractivity contribution < 1.29 is 4.74 Å². The number of anilines is 1. The zero-order valence-electron chi connectivity index (χ0n) is 6.87. The van der Waals surface area contributed by atoms with Crippen LogP contribution in [0.2, 0.25) is 5.15 Å². The highest BCUT2D eigenvalue weighted by Gasteiger charge is 2.20. The van der Waals surface area contributed by atoms with Gasteiger partial charge in [0.1, 0.15) is 10.2 Å². The number of aromatic nitrogens is 1. The lowest BCUT2D eigenvalue weighted by Crippen LogP contribution is -2.30. The molecular formula is C8H9ClN2OS. The summed E-state index contributed by atoms with van der Waals surface area (Å²) in [4.78, 5) is 4.15. The maximum Gasteiger partial charge on any atom is 0.132 e. The number of nitrogens with two attached hydrogens (primary N) is 1. The summed E-state index contributed by atoms with van der Waals surface area (Å²) in [7, 11) is 0. The molecule has 0 spiro atoms. The summed E-state index contributed by atoms with van der Waals surface area (Å²) in [6, 6.07) is 3.47. The number of halogens is 1. The van der Waals surface area contributed by atoms with Gasteiger partial charge in [0.05, 0.1) is 18.5 Å². The fourth-order valence-electron chi connectivity index (χ4n) is 1.00. The molecule has 0 aromatic carbocycles. The lowest BCUT2D eigenvalue weighted by molar-refractivity contribution is 0.0454. The van der Waals surface area contributed by atoms with Gasteiger partial charge in [0, 0.05) is 5.69 Å². The third-order valence-electron chi connectivity index (χ3n) is 1.69. The number of ether oxygens (including phenoxy) is 1. The smallest absolute Gasteiger partial charge is 0.132 e. The maximum atomic E-state index is 5.76. The molecule has 0 radical (unpaired) electrons. The average molecular weight is 217 g/mol. The first-order valence-corrected chi connectivity index (χ1v) is 5.17. The van der Waals surface area contributed by atoms with Gasteiger partial charge in [-0.2, -0.15) is 0 Å². The van der Waals surface area contributed by atoms with Crippen LogP contribution in [-0.4, -0.2) is 23.4 Å². The molecule has 5 heteroatoms. The number of nitrogens with zero attached hydrogens (tertiary/aromatic N) is 1. The van der Waals surface area contributed by atoms with Crippen molar-refractivity contribution in [1.29, 1.82) is 0 Å². The molecule has 1 aliphatic heterocycles. The molecule has 0 bridgehead atoms. The molecule has 2 rings (SSSR count). The van der Waals surface area contributed by atoms with Gasteiger partial charge in [0.25, 0.3) is 0 Å². The summed E-state index contributed by atoms with van der Waals surface area (Å²) >= 11 is 7.42. The molecule has 1 saturated heterocycles. The predicted molar refractivity (Wildman–Crippen MR) is 54.1 cm³/mol. The Morgan fingerprint density at radius 2 is 2.31 bits per heavy atom. The fourth-order valence-corrected chi connectivity index (χ4v) is 2.30. The molecule has 3 nitrogen and oxygen atoms in total. The SMILES string of the molecule is Nc1cc(Cl)nc(SC2COC2)c1. The second kappa shape index (κ2) is 3.74. The van der Waals surface area contributed by atoms with E-state index in [2.05, 4.69) is 4.98 Å². The van der Waals surface area contributed by atoms with Crippen LogP contribution in [0.25, 0.3) is 0 Å². The standard InChI is InChI=1S/C8H9ClN2OS/c9-7-1-5(10)2-8(11-7)13-6-3-12-4-6/h1-2,6H,3-4H2,(H2,10,11). The monoisotopic (exact) mass is 216 g/mol. The van der Waals surface area contributed by atoms with E-state index in [-0.39, 0.29) is 0 Å². The zero-order chi connectivity index (χ0) is 9.26. The van der Waals surface area contributed by atoms with E-state index < -0.39 is 0 Å². The van der Waals surface area contributed by atoms with Crippen LogP contribution >= 0.6 is 23.4 Å². The van der Waals surface area contributed by atoms with Crippen LogP contribution in [0.4, 0.5) is 5.69 Å². The topological polar surface area (TPSA) is 48.1 Å². The Morgan fingerprint density at radius 1 is 1.54 bits per heavy atom. The summed E-state index contributed by atoms with van der Waals surface area (Å²) in [5.74, 6) is 0. The molecule has 1 aliphatic rings. The fraction of sp³-hybridized carbons (Fsp3) is 0.375. The molecule has 0 saturated carbocycles. The predicted octanol–water partition coefficient (Wildman–Crippen LogP) is 1.81. The summed E-state index contributed by atoms with van der Waals surface area (Å²) in [6.45, 7) is 1.58. The molecule has 1 aromatic rings. The Bertz CT molecular complexity index is 297. The first-order valence-electron chi connectivity index (χ1n) is 3.91. The Hall–Kier alpha value is -0.450. The van der Waals surface area contributed by atoms with Gasteiger partial charge in [-0.15, -0.1) is 0 Å². The van der Waals surface area contributed by atoms with Crippen LogP contribution in [0.5, 0.6) is 0 Å². The molecular weight excluding hydrogens is 208 g/mol. The highest BCUT2D eigenvalue weighted by molar-refractivity contribution is 8.00. The minimum Gasteiger partial charge on any atom is -0.399 e. The highest BCUT2D eigenvalue weighted by atomic mass is 35.5. The number of hydrogen-bond acceptors (Lipinski definition) is 4. The molecule has 2 N–H and O–H groups in total. The minimum atomic E-state index is 0.447. The molecule has 2 heterocycles. The number of pyridine rings is 1. The van der Waals surface area contributed by atoms with E-state index in [1.807, 2.05) is 6.07 Å². The number of thioether (sulfide) groups is 1. The van der Waals surface area contributed by atoms with Crippen LogP contribution in [0.1, 0.15) is 0 Å². The van der Waals surface area contributed by atoms with Gasteiger partial charge < -0.3 is 10.5 Å². The van der Waals surface area contributed by atoms with E-state index in [0.717, 1.165) is 18.2 Å². The van der Waals surface area contributed by atoms with Gasteiger partial charge in [0.2, 0.25) is 0 Å². The normalized spacial score (nSPS) is 17.0. The molecule has 0 unspecified atom stereocenters. The Kier molecular flexibility index (Phi) is 2.62. The molecule has 70 valence electrons. The van der Waals surface area contributed by atoms with Crippen molar-refractivity contribution in [3.63, 3.8) is 0 Å². The summed E-state index contributed by atoms with van der Waals surface area (Å²) in [5.41, 5.74) is 6.28. The molecule has 0 aliphatic carbocycles. The zero-order valence-corrected chi connectivity index (χ0v) is 8.44. The Labute approximate surface area is 85.6 Å². The number of rotatable bonds is 2. The van der Waals surface area contributed by atoms with Crippen molar-refractivity contribution >= 4 is 29.1 Å². The lowest BCUT2D eigenvalue weighted by Gasteiger charge is -2.24. The van der Waals surface area contributed by atoms with Crippen molar-refractivity contribution in [2.24, 2.45) is 0 Å². The van der Waals surface area contributed by atoms with Crippen LogP contribution in [0, 0.1) is 0 Å². The van der Waals surface area contributed by atoms with Crippen LogP contribution in [0.15, 0.2) is 17.2 Å². The molecule has 1 aromatic heterocycles. The van der Waals surface area contributed by atoms with Gasteiger partial charge in [-0.05, 0) is 12.1 Å². The van der Waals surface area contributed by atoms with E-state index in [0.29, 0.717) is 16.1 Å². The van der Waals surface area contributed by atoms with Gasteiger partial charge in [-0.25, -0.2) is 4.98 Å². The van der Waals surface area contributed by atoms with Crippen molar-refractivity contribution in [1.82, 2.24) is 4.98 Å². The van der Waals surface area contributed by atoms with Gasteiger partial charge in [0.15, 0.2) is 0 Å². The van der Waals surface area contributed by atoms with Crippen LogP contribution in [0.3, 0.4) is 0 Å². The quantitative estimate of drug-likeness (QED) is 0.766. The van der Waals surface area contributed by atoms with Crippen molar-refractivity contribution in [3.05, 3.63) is 17.3 Å². The Balaban J connectivity index is 2.10. The Morgan fingerprint density at radius 3 is 2.85 bits per heavy atom. The summed E-state index contributed by atoms with van der Waals surface area (Å²) in [6.07, 6.45) is 0. The largest absolute Gasteiger partial charge is 0.399 e. The van der Waals surface area contributed by atoms with Crippen molar-refractivity contribution in [2.75, 3.05) is 18.9 Å². The highest BCUT2D eigenvalue weighted by Crippen LogP contribution is 2.28. The van der Waals surface area contributed by atoms with Gasteiger partial charge in [-0.3, -0.25) is 0 Å². The van der Waals surface area contributed by atoms with E-state index in [1.54, 1.807) is 17.8 Å². The van der Waals surface area contributed by atoms with Crippen LogP contribution in [-0.2, 0) is 4.74 Å². The molecule has 0 atom stereocenters. The first-order chi connectivity index (χ1) is 6.24. The maximum absolute atomic E-state index is 5.76. The number of hydrogen-bond donors (Lipinski definition) is 1. The third-order valence-corrected chi connectivity index (χ3v) is 2.94. The van der Waals surface area contributed by atoms with Crippen LogP contribution < -0.4 is 5.73 Å². The summed E-state index contributed by atoms with van der Waals surface area (Å²) < 4.78 is 5.05. The average Bonchev–Trinajstić information content (AvgIpc) is 1.95. The first kappa shape index (κ1) is 9.12. The minimum absolute atomic E-state index is 0.447. The van der Waals surface area contributed by atoms with E-state index in [9.17, 15) is 0 Å². The van der Waals surface area contributed by atoms with Gasteiger partial charge in [-0.1, -0.05) is 23.4 Å². The molecule has 0 amide bonds. The van der Waals surface area contributed by atoms with E-state index >= 15 is 0 Å². The number of nitrogen functional groups attached to an aromatic ring is 1. The molecule has 13 heavy (non-hydrogen) atoms. The molecule has 1 fully saturated rings.